The fourth-order valence-corrected chi connectivity index (χ4v) is 2.06. The number of aldehydes is 1. The Bertz CT molecular complexity index is 420. The van der Waals surface area contributed by atoms with Gasteiger partial charge in [0, 0.05) is 26.2 Å². The van der Waals surface area contributed by atoms with Crippen LogP contribution in [0.2, 0.25) is 5.15 Å². The summed E-state index contributed by atoms with van der Waals surface area (Å²) in [5, 5.41) is 0.299. The van der Waals surface area contributed by atoms with Crippen LogP contribution in [0.1, 0.15) is 0 Å². The first-order chi connectivity index (χ1) is 8.70. The minimum absolute atomic E-state index is 0.00471. The van der Waals surface area contributed by atoms with Gasteiger partial charge in [-0.05, 0) is 19.2 Å². The van der Waals surface area contributed by atoms with Crippen molar-refractivity contribution in [1.29, 1.82) is 0 Å². The SMILES string of the molecule is CN1CCN(c2ccc(OCC=O)c(Cl)n2)CC1. The number of likely N-dealkylation sites (N-methyl/N-ethyl adjacent to an activating group) is 1. The van der Waals surface area contributed by atoms with Gasteiger partial charge < -0.3 is 14.5 Å². The van der Waals surface area contributed by atoms with Gasteiger partial charge in [0.1, 0.15) is 12.4 Å². The van der Waals surface area contributed by atoms with Crippen LogP contribution in [-0.4, -0.2) is 56.0 Å². The molecular weight excluding hydrogens is 254 g/mol. The Morgan fingerprint density at radius 3 is 2.72 bits per heavy atom. The zero-order valence-corrected chi connectivity index (χ0v) is 11.1. The van der Waals surface area contributed by atoms with Crippen LogP contribution in [0.15, 0.2) is 12.1 Å². The lowest BCUT2D eigenvalue weighted by atomic mass is 10.3. The molecule has 1 aliphatic rings. The van der Waals surface area contributed by atoms with E-state index in [4.69, 9.17) is 16.3 Å². The first-order valence-electron chi connectivity index (χ1n) is 5.87. The van der Waals surface area contributed by atoms with Crippen molar-refractivity contribution in [1.82, 2.24) is 9.88 Å². The van der Waals surface area contributed by atoms with Gasteiger partial charge in [-0.15, -0.1) is 0 Å². The number of ether oxygens (including phenoxy) is 1. The first-order valence-corrected chi connectivity index (χ1v) is 6.25. The Kier molecular flexibility index (Phi) is 4.38. The molecule has 2 rings (SSSR count). The maximum atomic E-state index is 10.2. The summed E-state index contributed by atoms with van der Waals surface area (Å²) < 4.78 is 5.16. The van der Waals surface area contributed by atoms with E-state index in [0.29, 0.717) is 17.2 Å². The van der Waals surface area contributed by atoms with Gasteiger partial charge in [0.2, 0.25) is 0 Å². The molecule has 1 aliphatic heterocycles. The highest BCUT2D eigenvalue weighted by Gasteiger charge is 2.16. The van der Waals surface area contributed by atoms with Crippen molar-refractivity contribution < 1.29 is 9.53 Å². The number of rotatable bonds is 4. The third-order valence-corrected chi connectivity index (χ3v) is 3.20. The highest BCUT2D eigenvalue weighted by Crippen LogP contribution is 2.25. The van der Waals surface area contributed by atoms with E-state index in [9.17, 15) is 4.79 Å². The van der Waals surface area contributed by atoms with Crippen LogP contribution in [0.25, 0.3) is 0 Å². The Labute approximate surface area is 111 Å². The van der Waals surface area contributed by atoms with Crippen LogP contribution in [-0.2, 0) is 4.79 Å². The van der Waals surface area contributed by atoms with Crippen molar-refractivity contribution >= 4 is 23.7 Å². The second kappa shape index (κ2) is 6.02. The fraction of sp³-hybridized carbons (Fsp3) is 0.500. The van der Waals surface area contributed by atoms with E-state index in [-0.39, 0.29) is 6.61 Å². The van der Waals surface area contributed by atoms with Crippen molar-refractivity contribution in [2.75, 3.05) is 44.7 Å². The van der Waals surface area contributed by atoms with E-state index in [1.54, 1.807) is 6.07 Å². The average molecular weight is 270 g/mol. The number of hydrogen-bond acceptors (Lipinski definition) is 5. The summed E-state index contributed by atoms with van der Waals surface area (Å²) in [5.41, 5.74) is 0. The molecule has 1 aromatic rings. The summed E-state index contributed by atoms with van der Waals surface area (Å²) >= 11 is 6.02. The largest absolute Gasteiger partial charge is 0.483 e. The van der Waals surface area contributed by atoms with Gasteiger partial charge in [0.15, 0.2) is 17.2 Å². The second-order valence-electron chi connectivity index (χ2n) is 4.23. The molecule has 1 saturated heterocycles. The number of aromatic nitrogens is 1. The molecule has 0 N–H and O–H groups in total. The molecule has 0 aliphatic carbocycles. The van der Waals surface area contributed by atoms with Crippen molar-refractivity contribution in [2.24, 2.45) is 0 Å². The molecule has 98 valence electrons. The number of anilines is 1. The molecule has 5 nitrogen and oxygen atoms in total. The second-order valence-corrected chi connectivity index (χ2v) is 4.58. The van der Waals surface area contributed by atoms with Crippen LogP contribution in [0.4, 0.5) is 5.82 Å². The van der Waals surface area contributed by atoms with Crippen LogP contribution in [0, 0.1) is 0 Å². The minimum Gasteiger partial charge on any atom is -0.483 e. The molecule has 0 saturated carbocycles. The summed E-state index contributed by atoms with van der Waals surface area (Å²) in [6, 6.07) is 3.63. The molecule has 0 amide bonds. The normalized spacial score (nSPS) is 16.7. The highest BCUT2D eigenvalue weighted by atomic mass is 35.5. The van der Waals surface area contributed by atoms with Gasteiger partial charge in [-0.2, -0.15) is 0 Å². The molecule has 0 radical (unpaired) electrons. The molecule has 1 fully saturated rings. The minimum atomic E-state index is -0.00471. The topological polar surface area (TPSA) is 45.7 Å². The molecule has 6 heteroatoms. The third kappa shape index (κ3) is 3.11. The monoisotopic (exact) mass is 269 g/mol. The van der Waals surface area contributed by atoms with Crippen LogP contribution < -0.4 is 9.64 Å². The van der Waals surface area contributed by atoms with Crippen LogP contribution >= 0.6 is 11.6 Å². The Morgan fingerprint density at radius 2 is 2.11 bits per heavy atom. The standard InChI is InChI=1S/C12H16ClN3O2/c1-15-4-6-16(7-5-15)11-3-2-10(12(13)14-11)18-9-8-17/h2-3,8H,4-7,9H2,1H3. The van der Waals surface area contributed by atoms with Gasteiger partial charge in [0.05, 0.1) is 0 Å². The summed E-state index contributed by atoms with van der Waals surface area (Å²) in [4.78, 5) is 19.0. The Morgan fingerprint density at radius 1 is 1.39 bits per heavy atom. The van der Waals surface area contributed by atoms with Gasteiger partial charge in [-0.25, -0.2) is 4.98 Å². The number of hydrogen-bond donors (Lipinski definition) is 0. The summed E-state index contributed by atoms with van der Waals surface area (Å²) in [5.74, 6) is 1.30. The molecule has 18 heavy (non-hydrogen) atoms. The smallest absolute Gasteiger partial charge is 0.173 e. The predicted molar refractivity (Wildman–Crippen MR) is 70.5 cm³/mol. The summed E-state index contributed by atoms with van der Waals surface area (Å²) in [6.07, 6.45) is 0.685. The first kappa shape index (κ1) is 13.1. The molecule has 0 spiro atoms. The molecule has 0 aromatic carbocycles. The Balaban J connectivity index is 2.06. The van der Waals surface area contributed by atoms with Gasteiger partial charge in [0.25, 0.3) is 0 Å². The number of pyridine rings is 1. The van der Waals surface area contributed by atoms with E-state index in [1.165, 1.54) is 0 Å². The highest BCUT2D eigenvalue weighted by molar-refractivity contribution is 6.30. The zero-order chi connectivity index (χ0) is 13.0. The molecule has 0 atom stereocenters. The lowest BCUT2D eigenvalue weighted by molar-refractivity contribution is -0.109. The van der Waals surface area contributed by atoms with Crippen LogP contribution in [0.5, 0.6) is 5.75 Å². The summed E-state index contributed by atoms with van der Waals surface area (Å²) in [7, 11) is 2.11. The Hall–Kier alpha value is -1.33. The van der Waals surface area contributed by atoms with Crippen LogP contribution in [0.3, 0.4) is 0 Å². The lowest BCUT2D eigenvalue weighted by Gasteiger charge is -2.33. The zero-order valence-electron chi connectivity index (χ0n) is 10.3. The third-order valence-electron chi connectivity index (χ3n) is 2.93. The van der Waals surface area contributed by atoms with E-state index >= 15 is 0 Å². The molecule has 2 heterocycles. The van der Waals surface area contributed by atoms with Crippen molar-refractivity contribution in [3.05, 3.63) is 17.3 Å². The number of halogens is 1. The number of nitrogens with zero attached hydrogens (tertiary/aromatic N) is 3. The van der Waals surface area contributed by atoms with Crippen molar-refractivity contribution in [3.8, 4) is 5.75 Å². The number of piperazine rings is 1. The molecular formula is C12H16ClN3O2. The van der Waals surface area contributed by atoms with E-state index in [0.717, 1.165) is 32.0 Å². The van der Waals surface area contributed by atoms with E-state index < -0.39 is 0 Å². The maximum Gasteiger partial charge on any atom is 0.173 e. The van der Waals surface area contributed by atoms with Gasteiger partial charge >= 0.3 is 0 Å². The van der Waals surface area contributed by atoms with E-state index in [1.807, 2.05) is 6.07 Å². The average Bonchev–Trinajstić information content (AvgIpc) is 2.38. The molecule has 1 aromatic heterocycles. The van der Waals surface area contributed by atoms with Gasteiger partial charge in [-0.1, -0.05) is 11.6 Å². The molecule has 0 bridgehead atoms. The summed E-state index contributed by atoms with van der Waals surface area (Å²) in [6.45, 7) is 3.91. The maximum absolute atomic E-state index is 10.2. The predicted octanol–water partition coefficient (Wildman–Crippen LogP) is 1.06. The van der Waals surface area contributed by atoms with Crippen molar-refractivity contribution in [2.45, 2.75) is 0 Å². The quantitative estimate of drug-likeness (QED) is 0.604. The van der Waals surface area contributed by atoms with Crippen molar-refractivity contribution in [3.63, 3.8) is 0 Å². The number of carbonyl (C=O) groups excluding carboxylic acids is 1. The fourth-order valence-electron chi connectivity index (χ4n) is 1.86. The lowest BCUT2D eigenvalue weighted by Crippen LogP contribution is -2.44. The van der Waals surface area contributed by atoms with E-state index in [2.05, 4.69) is 21.8 Å². The van der Waals surface area contributed by atoms with Gasteiger partial charge in [-0.3, -0.25) is 4.79 Å². The molecule has 0 unspecified atom stereocenters. The number of carbonyl (C=O) groups is 1.